The number of hydrogen-bond donors (Lipinski definition) is 3. The van der Waals surface area contributed by atoms with Gasteiger partial charge in [-0.3, -0.25) is 4.79 Å². The molecule has 1 heterocycles. The van der Waals surface area contributed by atoms with Crippen LogP contribution in [-0.2, 0) is 0 Å². The van der Waals surface area contributed by atoms with Crippen LogP contribution in [0.15, 0.2) is 45.7 Å². The van der Waals surface area contributed by atoms with Gasteiger partial charge >= 0.3 is 5.69 Å². The lowest BCUT2D eigenvalue weighted by atomic mass is 10.0. The lowest BCUT2D eigenvalue weighted by Gasteiger charge is -2.05. The van der Waals surface area contributed by atoms with Gasteiger partial charge in [0.05, 0.1) is 11.0 Å². The predicted octanol–water partition coefficient (Wildman–Crippen LogP) is 2.43. The molecule has 0 aliphatic rings. The van der Waals surface area contributed by atoms with E-state index in [1.807, 2.05) is 0 Å². The minimum atomic E-state index is -0.302. The van der Waals surface area contributed by atoms with Crippen LogP contribution in [0, 0.1) is 0 Å². The van der Waals surface area contributed by atoms with Crippen molar-refractivity contribution in [2.75, 3.05) is 5.73 Å². The number of ketones is 1. The van der Waals surface area contributed by atoms with Gasteiger partial charge < -0.3 is 15.7 Å². The van der Waals surface area contributed by atoms with Crippen molar-refractivity contribution in [2.24, 2.45) is 0 Å². The molecule has 0 saturated carbocycles. The Morgan fingerprint density at radius 3 is 2.30 bits per heavy atom. The number of benzene rings is 2. The molecule has 0 spiro atoms. The van der Waals surface area contributed by atoms with Crippen molar-refractivity contribution < 1.29 is 4.79 Å². The minimum Gasteiger partial charge on any atom is -0.399 e. The zero-order valence-corrected chi connectivity index (χ0v) is 11.8. The number of halogens is 1. The predicted molar refractivity (Wildman–Crippen MR) is 80.9 cm³/mol. The van der Waals surface area contributed by atoms with E-state index in [1.54, 1.807) is 36.4 Å². The number of fused-ring (bicyclic) bond motifs is 1. The van der Waals surface area contributed by atoms with Gasteiger partial charge in [0.15, 0.2) is 5.78 Å². The Morgan fingerprint density at radius 1 is 1.05 bits per heavy atom. The summed E-state index contributed by atoms with van der Waals surface area (Å²) in [5.74, 6) is -0.138. The van der Waals surface area contributed by atoms with Crippen LogP contribution in [0.4, 0.5) is 5.69 Å². The number of H-pyrrole nitrogens is 2. The summed E-state index contributed by atoms with van der Waals surface area (Å²) in [5.41, 5.74) is 8.18. The number of carbonyl (C=O) groups is 1. The monoisotopic (exact) mass is 331 g/mol. The fourth-order valence-corrected chi connectivity index (χ4v) is 2.54. The van der Waals surface area contributed by atoms with Gasteiger partial charge in [-0.25, -0.2) is 4.79 Å². The summed E-state index contributed by atoms with van der Waals surface area (Å²) < 4.78 is 0.627. The van der Waals surface area contributed by atoms with Crippen molar-refractivity contribution in [3.05, 3.63) is 62.5 Å². The average Bonchev–Trinajstić information content (AvgIpc) is 2.77. The molecular weight excluding hydrogens is 322 g/mol. The van der Waals surface area contributed by atoms with E-state index in [4.69, 9.17) is 5.73 Å². The maximum Gasteiger partial charge on any atom is 0.323 e. The maximum absolute atomic E-state index is 12.5. The Morgan fingerprint density at radius 2 is 1.65 bits per heavy atom. The zero-order valence-electron chi connectivity index (χ0n) is 10.2. The average molecular weight is 332 g/mol. The SMILES string of the molecule is Nc1ccc(C(=O)c2cc3[nH]c(=O)[nH]c3cc2Br)cc1. The molecule has 6 heteroatoms. The molecule has 0 bridgehead atoms. The Labute approximate surface area is 121 Å². The van der Waals surface area contributed by atoms with E-state index in [0.29, 0.717) is 32.3 Å². The number of hydrogen-bond acceptors (Lipinski definition) is 3. The van der Waals surface area contributed by atoms with Gasteiger partial charge in [-0.1, -0.05) is 0 Å². The number of nitrogens with two attached hydrogens (primary N) is 1. The number of aromatic nitrogens is 2. The Kier molecular flexibility index (Phi) is 2.94. The van der Waals surface area contributed by atoms with Crippen LogP contribution < -0.4 is 11.4 Å². The van der Waals surface area contributed by atoms with Crippen molar-refractivity contribution in [3.8, 4) is 0 Å². The summed E-state index contributed by atoms with van der Waals surface area (Å²) in [4.78, 5) is 29.0. The van der Waals surface area contributed by atoms with E-state index in [-0.39, 0.29) is 11.5 Å². The molecular formula is C14H10BrN3O2. The van der Waals surface area contributed by atoms with Gasteiger partial charge in [0.1, 0.15) is 0 Å². The number of carbonyl (C=O) groups excluding carboxylic acids is 1. The van der Waals surface area contributed by atoms with Gasteiger partial charge in [0.2, 0.25) is 0 Å². The summed E-state index contributed by atoms with van der Waals surface area (Å²) in [6.07, 6.45) is 0. The van der Waals surface area contributed by atoms with Crippen LogP contribution in [0.25, 0.3) is 11.0 Å². The molecule has 5 nitrogen and oxygen atoms in total. The van der Waals surface area contributed by atoms with Crippen LogP contribution in [0.2, 0.25) is 0 Å². The summed E-state index contributed by atoms with van der Waals surface area (Å²) in [6, 6.07) is 10.1. The highest BCUT2D eigenvalue weighted by atomic mass is 79.9. The lowest BCUT2D eigenvalue weighted by Crippen LogP contribution is -2.02. The van der Waals surface area contributed by atoms with E-state index in [0.717, 1.165) is 0 Å². The number of nitrogen functional groups attached to an aromatic ring is 1. The Balaban J connectivity index is 2.13. The standard InChI is InChI=1S/C14H10BrN3O2/c15-10-6-12-11(17-14(20)18-12)5-9(10)13(19)7-1-3-8(16)4-2-7/h1-6H,16H2,(H2,17,18,20). The van der Waals surface area contributed by atoms with Gasteiger partial charge in [-0.2, -0.15) is 0 Å². The molecule has 3 aromatic rings. The summed E-state index contributed by atoms with van der Waals surface area (Å²) in [6.45, 7) is 0. The fraction of sp³-hybridized carbons (Fsp3) is 0. The van der Waals surface area contributed by atoms with Crippen LogP contribution in [0.5, 0.6) is 0 Å². The number of imidazole rings is 1. The second kappa shape index (κ2) is 4.64. The van der Waals surface area contributed by atoms with Crippen molar-refractivity contribution in [1.82, 2.24) is 9.97 Å². The van der Waals surface area contributed by atoms with E-state index in [9.17, 15) is 9.59 Å². The van der Waals surface area contributed by atoms with E-state index in [1.165, 1.54) is 0 Å². The van der Waals surface area contributed by atoms with E-state index < -0.39 is 0 Å². The van der Waals surface area contributed by atoms with Crippen LogP contribution in [-0.4, -0.2) is 15.8 Å². The third-order valence-corrected chi connectivity index (χ3v) is 3.68. The molecule has 0 saturated heterocycles. The fourth-order valence-electron chi connectivity index (χ4n) is 2.02. The first-order valence-electron chi connectivity index (χ1n) is 5.86. The molecule has 100 valence electrons. The summed E-state index contributed by atoms with van der Waals surface area (Å²) >= 11 is 3.36. The number of anilines is 1. The highest BCUT2D eigenvalue weighted by molar-refractivity contribution is 9.10. The normalized spacial score (nSPS) is 10.8. The highest BCUT2D eigenvalue weighted by Gasteiger charge is 2.14. The van der Waals surface area contributed by atoms with Crippen LogP contribution >= 0.6 is 15.9 Å². The molecule has 0 aliphatic heterocycles. The van der Waals surface area contributed by atoms with Gasteiger partial charge in [-0.15, -0.1) is 0 Å². The molecule has 4 N–H and O–H groups in total. The second-order valence-electron chi connectivity index (χ2n) is 4.41. The smallest absolute Gasteiger partial charge is 0.323 e. The van der Waals surface area contributed by atoms with E-state index in [2.05, 4.69) is 25.9 Å². The van der Waals surface area contributed by atoms with Gasteiger partial charge in [0, 0.05) is 21.3 Å². The quantitative estimate of drug-likeness (QED) is 0.497. The topological polar surface area (TPSA) is 91.7 Å². The first kappa shape index (κ1) is 12.7. The highest BCUT2D eigenvalue weighted by Crippen LogP contribution is 2.24. The molecule has 0 fully saturated rings. The molecule has 0 amide bonds. The van der Waals surface area contributed by atoms with Crippen molar-refractivity contribution in [1.29, 1.82) is 0 Å². The molecule has 2 aromatic carbocycles. The Bertz CT molecular complexity index is 862. The number of aromatic amines is 2. The molecule has 20 heavy (non-hydrogen) atoms. The molecule has 0 radical (unpaired) electrons. The van der Waals surface area contributed by atoms with Gasteiger partial charge in [0.25, 0.3) is 0 Å². The van der Waals surface area contributed by atoms with Crippen LogP contribution in [0.3, 0.4) is 0 Å². The molecule has 3 rings (SSSR count). The first-order valence-corrected chi connectivity index (χ1v) is 6.65. The largest absolute Gasteiger partial charge is 0.399 e. The third kappa shape index (κ3) is 2.14. The molecule has 0 aliphatic carbocycles. The minimum absolute atomic E-state index is 0.138. The first-order chi connectivity index (χ1) is 9.54. The van der Waals surface area contributed by atoms with Crippen molar-refractivity contribution in [2.45, 2.75) is 0 Å². The van der Waals surface area contributed by atoms with Crippen LogP contribution in [0.1, 0.15) is 15.9 Å². The van der Waals surface area contributed by atoms with Crippen molar-refractivity contribution in [3.63, 3.8) is 0 Å². The molecule has 1 aromatic heterocycles. The third-order valence-electron chi connectivity index (χ3n) is 3.02. The summed E-state index contributed by atoms with van der Waals surface area (Å²) in [7, 11) is 0. The van der Waals surface area contributed by atoms with Crippen molar-refractivity contribution >= 4 is 38.4 Å². The number of rotatable bonds is 2. The second-order valence-corrected chi connectivity index (χ2v) is 5.26. The maximum atomic E-state index is 12.5. The van der Waals surface area contributed by atoms with Gasteiger partial charge in [-0.05, 0) is 52.3 Å². The van der Waals surface area contributed by atoms with E-state index >= 15 is 0 Å². The number of nitrogens with one attached hydrogen (secondary N) is 2. The summed E-state index contributed by atoms with van der Waals surface area (Å²) in [5, 5.41) is 0. The lowest BCUT2D eigenvalue weighted by molar-refractivity contribution is 0.103. The Hall–Kier alpha value is -2.34. The molecule has 0 unspecified atom stereocenters. The molecule has 0 atom stereocenters. The zero-order chi connectivity index (χ0) is 14.3.